The Labute approximate surface area is 369 Å². The number of para-hydroxylation sites is 2. The Kier molecular flexibility index (Phi) is 7.36. The molecule has 0 aliphatic heterocycles. The molecule has 0 radical (unpaired) electrons. The van der Waals surface area contributed by atoms with E-state index >= 15 is 0 Å². The molecule has 0 atom stereocenters. The lowest BCUT2D eigenvalue weighted by atomic mass is 9.96. The molecule has 10 aromatic carbocycles. The third-order valence-electron chi connectivity index (χ3n) is 13.2. The number of thiophene rings is 1. The summed E-state index contributed by atoms with van der Waals surface area (Å²) in [6.45, 7) is 0. The molecule has 2 N–H and O–H groups in total. The summed E-state index contributed by atoms with van der Waals surface area (Å²) < 4.78 is 11.4. The molecule has 64 heavy (non-hydrogen) atoms. The lowest BCUT2D eigenvalue weighted by Gasteiger charge is -2.13. The van der Waals surface area contributed by atoms with Gasteiger partial charge in [0.25, 0.3) is 0 Å². The molecule has 4 heterocycles. The van der Waals surface area contributed by atoms with Gasteiger partial charge in [-0.2, -0.15) is 0 Å². The van der Waals surface area contributed by atoms with E-state index in [-0.39, 0.29) is 5.84 Å². The second-order valence-corrected chi connectivity index (χ2v) is 17.9. The topological polar surface area (TPSA) is 70.1 Å². The van der Waals surface area contributed by atoms with Gasteiger partial charge in [-0.25, -0.2) is 4.99 Å². The lowest BCUT2D eigenvalue weighted by Crippen LogP contribution is -2.01. The van der Waals surface area contributed by atoms with E-state index in [1.165, 1.54) is 68.8 Å². The summed E-state index contributed by atoms with van der Waals surface area (Å²) in [7, 11) is 0. The standard InChI is InChI=1S/C58H34N4OS/c59-58(60-32-33-20-22-44-43-15-5-8-19-55(43)64-56(44)24-33)49-30-38(29-48-42-14-4-7-18-54(42)63-57(48)49)62-52-28-35-11-2-1-10-34(35)25-46(52)47-26-36-12-9-16-39(45(36)31-53(47)62)37-21-23-41-40-13-3-6-17-50(40)61-51(41)27-37/h1-32,59,61H. The number of benzene rings is 10. The van der Waals surface area contributed by atoms with Crippen molar-refractivity contribution in [2.45, 2.75) is 0 Å². The minimum Gasteiger partial charge on any atom is -0.455 e. The van der Waals surface area contributed by atoms with Crippen LogP contribution in [0.15, 0.2) is 197 Å². The van der Waals surface area contributed by atoms with Crippen molar-refractivity contribution in [3.05, 3.63) is 199 Å². The minimum atomic E-state index is 0.133. The second kappa shape index (κ2) is 13.3. The Balaban J connectivity index is 0.997. The van der Waals surface area contributed by atoms with Crippen molar-refractivity contribution in [1.29, 1.82) is 5.41 Å². The van der Waals surface area contributed by atoms with Gasteiger partial charge in [-0.05, 0) is 105 Å². The van der Waals surface area contributed by atoms with Gasteiger partial charge in [-0.3, -0.25) is 5.41 Å². The maximum absolute atomic E-state index is 9.60. The number of H-pyrrole nitrogens is 1. The van der Waals surface area contributed by atoms with Crippen LogP contribution in [0.4, 0.5) is 0 Å². The van der Waals surface area contributed by atoms with Crippen LogP contribution in [-0.4, -0.2) is 21.6 Å². The number of hydrogen-bond acceptors (Lipinski definition) is 3. The van der Waals surface area contributed by atoms with Gasteiger partial charge in [0, 0.05) is 75.4 Å². The Morgan fingerprint density at radius 3 is 2.12 bits per heavy atom. The van der Waals surface area contributed by atoms with Crippen LogP contribution >= 0.6 is 11.3 Å². The second-order valence-electron chi connectivity index (χ2n) is 16.8. The Hall–Kier alpha value is -8.32. The predicted molar refractivity (Wildman–Crippen MR) is 272 cm³/mol. The number of aromatic amines is 1. The van der Waals surface area contributed by atoms with Gasteiger partial charge in [0.2, 0.25) is 0 Å². The van der Waals surface area contributed by atoms with Gasteiger partial charge < -0.3 is 14.0 Å². The number of nitrogens with one attached hydrogen (secondary N) is 2. The van der Waals surface area contributed by atoms with E-state index in [0.29, 0.717) is 11.1 Å². The van der Waals surface area contributed by atoms with E-state index in [1.54, 1.807) is 17.6 Å². The maximum atomic E-state index is 9.60. The van der Waals surface area contributed by atoms with E-state index in [1.807, 2.05) is 18.2 Å². The highest BCUT2D eigenvalue weighted by Gasteiger charge is 2.21. The largest absolute Gasteiger partial charge is 0.455 e. The van der Waals surface area contributed by atoms with Crippen molar-refractivity contribution < 1.29 is 4.42 Å². The van der Waals surface area contributed by atoms with Crippen molar-refractivity contribution in [3.8, 4) is 16.8 Å². The van der Waals surface area contributed by atoms with Crippen molar-refractivity contribution in [2.24, 2.45) is 4.99 Å². The van der Waals surface area contributed by atoms with Crippen molar-refractivity contribution in [2.75, 3.05) is 0 Å². The molecule has 0 aliphatic rings. The molecule has 0 bridgehead atoms. The van der Waals surface area contributed by atoms with E-state index in [2.05, 4.69) is 179 Å². The van der Waals surface area contributed by atoms with Crippen LogP contribution in [0.1, 0.15) is 11.1 Å². The minimum absolute atomic E-state index is 0.133. The first-order valence-corrected chi connectivity index (χ1v) is 22.3. The van der Waals surface area contributed by atoms with Crippen LogP contribution in [-0.2, 0) is 0 Å². The number of rotatable bonds is 4. The zero-order valence-corrected chi connectivity index (χ0v) is 35.0. The van der Waals surface area contributed by atoms with E-state index in [4.69, 9.17) is 9.41 Å². The van der Waals surface area contributed by atoms with Crippen LogP contribution in [0.25, 0.3) is 124 Å². The number of nitrogens with zero attached hydrogens (tertiary/aromatic N) is 2. The van der Waals surface area contributed by atoms with Crippen molar-refractivity contribution in [1.82, 2.24) is 9.55 Å². The summed E-state index contributed by atoms with van der Waals surface area (Å²) >= 11 is 1.78. The fourth-order valence-corrected chi connectivity index (χ4v) is 11.3. The average Bonchev–Trinajstić information content (AvgIpc) is 4.09. The average molecular weight is 835 g/mol. The monoisotopic (exact) mass is 834 g/mol. The molecule has 0 saturated heterocycles. The van der Waals surface area contributed by atoms with Crippen LogP contribution in [0.5, 0.6) is 0 Å². The van der Waals surface area contributed by atoms with Gasteiger partial charge in [0.1, 0.15) is 11.2 Å². The first kappa shape index (κ1) is 35.3. The van der Waals surface area contributed by atoms with Gasteiger partial charge in [-0.15, -0.1) is 11.3 Å². The number of aliphatic imine (C=N–C) groups is 1. The highest BCUT2D eigenvalue weighted by molar-refractivity contribution is 7.25. The van der Waals surface area contributed by atoms with Crippen molar-refractivity contribution >= 4 is 131 Å². The van der Waals surface area contributed by atoms with Gasteiger partial charge in [-0.1, -0.05) is 121 Å². The molecule has 0 saturated carbocycles. The molecule has 0 aliphatic carbocycles. The molecule has 4 aromatic heterocycles. The molecule has 0 amide bonds. The first-order chi connectivity index (χ1) is 31.6. The normalized spacial score (nSPS) is 12.4. The number of furan rings is 1. The number of fused-ring (bicyclic) bond motifs is 14. The quantitative estimate of drug-likeness (QED) is 0.135. The molecule has 5 nitrogen and oxygen atoms in total. The fraction of sp³-hybridized carbons (Fsp3) is 0. The van der Waals surface area contributed by atoms with Gasteiger partial charge >= 0.3 is 0 Å². The highest BCUT2D eigenvalue weighted by atomic mass is 32.1. The smallest absolute Gasteiger partial charge is 0.155 e. The number of hydrogen-bond donors (Lipinski definition) is 2. The number of amidine groups is 1. The molecule has 298 valence electrons. The van der Waals surface area contributed by atoms with E-state index < -0.39 is 0 Å². The summed E-state index contributed by atoms with van der Waals surface area (Å²) in [5, 5.41) is 23.5. The predicted octanol–water partition coefficient (Wildman–Crippen LogP) is 16.1. The molecule has 14 rings (SSSR count). The van der Waals surface area contributed by atoms with Crippen LogP contribution in [0.2, 0.25) is 0 Å². The zero-order chi connectivity index (χ0) is 42.0. The highest BCUT2D eigenvalue weighted by Crippen LogP contribution is 2.42. The van der Waals surface area contributed by atoms with E-state index in [0.717, 1.165) is 55.2 Å². The van der Waals surface area contributed by atoms with Crippen molar-refractivity contribution in [3.63, 3.8) is 0 Å². The maximum Gasteiger partial charge on any atom is 0.155 e. The lowest BCUT2D eigenvalue weighted by molar-refractivity contribution is 0.668. The van der Waals surface area contributed by atoms with Gasteiger partial charge in [0.05, 0.1) is 16.6 Å². The molecule has 6 heteroatoms. The van der Waals surface area contributed by atoms with Gasteiger partial charge in [0.15, 0.2) is 5.84 Å². The molecule has 14 aromatic rings. The molecule has 0 spiro atoms. The fourth-order valence-electron chi connectivity index (χ4n) is 10.2. The van der Waals surface area contributed by atoms with Crippen LogP contribution in [0, 0.1) is 5.41 Å². The molecular weight excluding hydrogens is 801 g/mol. The van der Waals surface area contributed by atoms with Crippen LogP contribution < -0.4 is 0 Å². The van der Waals surface area contributed by atoms with Crippen LogP contribution in [0.3, 0.4) is 0 Å². The van der Waals surface area contributed by atoms with E-state index in [9.17, 15) is 5.41 Å². The summed E-state index contributed by atoms with van der Waals surface area (Å²) in [4.78, 5) is 8.51. The zero-order valence-electron chi connectivity index (χ0n) is 34.2. The third-order valence-corrected chi connectivity index (χ3v) is 14.3. The summed E-state index contributed by atoms with van der Waals surface area (Å²) in [5.74, 6) is 0.133. The summed E-state index contributed by atoms with van der Waals surface area (Å²) in [6.07, 6.45) is 1.81. The molecule has 0 unspecified atom stereocenters. The summed E-state index contributed by atoms with van der Waals surface area (Å²) in [6, 6.07) is 67.3. The number of aromatic nitrogens is 2. The third kappa shape index (κ3) is 5.24. The first-order valence-electron chi connectivity index (χ1n) is 21.5. The Morgan fingerprint density at radius 1 is 0.516 bits per heavy atom. The Bertz CT molecular complexity index is 4350. The SMILES string of the molecule is N=C(N=Cc1ccc2c(c1)sc1ccccc12)c1cc(-n2c3cc4ccccc4cc3c3cc4cccc(-c5ccc6c(c5)[nH]c5ccccc56)c4cc32)cc2c1oc1ccccc12. The molecular formula is C58H34N4OS. The Morgan fingerprint density at radius 2 is 1.22 bits per heavy atom. The summed E-state index contributed by atoms with van der Waals surface area (Å²) in [5.41, 5.74) is 10.7. The molecule has 0 fully saturated rings.